The Labute approximate surface area is 181 Å². The van der Waals surface area contributed by atoms with Gasteiger partial charge in [-0.1, -0.05) is 52.8 Å². The van der Waals surface area contributed by atoms with Gasteiger partial charge in [0.15, 0.2) is 11.0 Å². The molecule has 154 valence electrons. The molecule has 2 heterocycles. The lowest BCUT2D eigenvalue weighted by Gasteiger charge is -2.11. The number of thioether (sulfide) groups is 1. The SMILES string of the molecule is COCCCn1c(SCn2nnc3ccccc3c2=O)nnc1-c1ccccc1Cl. The molecule has 2 aromatic heterocycles. The second-order valence-corrected chi connectivity index (χ2v) is 7.79. The molecular weight excluding hydrogens is 424 g/mol. The van der Waals surface area contributed by atoms with Crippen LogP contribution in [0.2, 0.25) is 5.02 Å². The lowest BCUT2D eigenvalue weighted by atomic mass is 10.2. The molecule has 2 aromatic carbocycles. The van der Waals surface area contributed by atoms with Gasteiger partial charge in [0, 0.05) is 25.8 Å². The van der Waals surface area contributed by atoms with Gasteiger partial charge in [-0.25, -0.2) is 0 Å². The van der Waals surface area contributed by atoms with Crippen molar-refractivity contribution in [2.75, 3.05) is 13.7 Å². The Morgan fingerprint density at radius 3 is 2.70 bits per heavy atom. The standard InChI is InChI=1S/C20H19ClN6O2S/c1-29-12-6-11-26-18(14-7-2-4-9-16(14)21)23-24-20(26)30-13-27-19(28)15-8-3-5-10-17(15)22-25-27/h2-5,7-10H,6,11-13H2,1H3. The van der Waals surface area contributed by atoms with Crippen molar-refractivity contribution in [1.29, 1.82) is 0 Å². The van der Waals surface area contributed by atoms with Gasteiger partial charge < -0.3 is 9.30 Å². The minimum atomic E-state index is -0.190. The molecule has 0 radical (unpaired) electrons. The fourth-order valence-corrected chi connectivity index (χ4v) is 4.09. The normalized spacial score (nSPS) is 11.3. The van der Waals surface area contributed by atoms with Crippen molar-refractivity contribution in [1.82, 2.24) is 29.8 Å². The first-order valence-corrected chi connectivity index (χ1v) is 10.7. The van der Waals surface area contributed by atoms with E-state index >= 15 is 0 Å². The van der Waals surface area contributed by atoms with Gasteiger partial charge in [-0.05, 0) is 30.7 Å². The molecule has 30 heavy (non-hydrogen) atoms. The topological polar surface area (TPSA) is 87.7 Å². The first-order chi connectivity index (χ1) is 14.7. The second-order valence-electron chi connectivity index (χ2n) is 6.47. The van der Waals surface area contributed by atoms with Crippen LogP contribution in [0.25, 0.3) is 22.3 Å². The van der Waals surface area contributed by atoms with E-state index in [1.807, 2.05) is 41.0 Å². The summed E-state index contributed by atoms with van der Waals surface area (Å²) in [5.74, 6) is 0.942. The van der Waals surface area contributed by atoms with E-state index in [-0.39, 0.29) is 11.4 Å². The van der Waals surface area contributed by atoms with E-state index in [0.29, 0.717) is 40.1 Å². The van der Waals surface area contributed by atoms with E-state index in [4.69, 9.17) is 16.3 Å². The average molecular weight is 443 g/mol. The zero-order chi connectivity index (χ0) is 20.9. The quantitative estimate of drug-likeness (QED) is 0.305. The summed E-state index contributed by atoms with van der Waals surface area (Å²) in [5, 5.41) is 18.7. The minimum absolute atomic E-state index is 0.190. The van der Waals surface area contributed by atoms with Crippen molar-refractivity contribution in [2.24, 2.45) is 0 Å². The predicted octanol–water partition coefficient (Wildman–Crippen LogP) is 3.49. The molecule has 0 fully saturated rings. The Kier molecular flexibility index (Phi) is 6.41. The summed E-state index contributed by atoms with van der Waals surface area (Å²) in [7, 11) is 1.67. The van der Waals surface area contributed by atoms with Crippen LogP contribution < -0.4 is 5.56 Å². The van der Waals surface area contributed by atoms with Crippen LogP contribution in [0.4, 0.5) is 0 Å². The molecule has 0 bridgehead atoms. The Bertz CT molecular complexity index is 1230. The molecule has 0 unspecified atom stereocenters. The van der Waals surface area contributed by atoms with Crippen molar-refractivity contribution in [3.8, 4) is 11.4 Å². The summed E-state index contributed by atoms with van der Waals surface area (Å²) in [6.07, 6.45) is 0.787. The Morgan fingerprint density at radius 1 is 1.07 bits per heavy atom. The number of benzene rings is 2. The highest BCUT2D eigenvalue weighted by atomic mass is 35.5. The summed E-state index contributed by atoms with van der Waals surface area (Å²) < 4.78 is 8.50. The van der Waals surface area contributed by atoms with E-state index < -0.39 is 0 Å². The van der Waals surface area contributed by atoms with E-state index in [0.717, 1.165) is 12.0 Å². The number of methoxy groups -OCH3 is 1. The zero-order valence-corrected chi connectivity index (χ0v) is 17.8. The van der Waals surface area contributed by atoms with Crippen LogP contribution in [0.3, 0.4) is 0 Å². The smallest absolute Gasteiger partial charge is 0.278 e. The molecule has 0 aliphatic rings. The molecule has 0 aliphatic carbocycles. The van der Waals surface area contributed by atoms with Crippen LogP contribution in [0.1, 0.15) is 6.42 Å². The number of hydrogen-bond donors (Lipinski definition) is 0. The second kappa shape index (κ2) is 9.38. The molecule has 4 aromatic rings. The Balaban J connectivity index is 1.63. The molecule has 10 heteroatoms. The number of ether oxygens (including phenoxy) is 1. The fourth-order valence-electron chi connectivity index (χ4n) is 3.03. The number of nitrogens with zero attached hydrogens (tertiary/aromatic N) is 6. The molecule has 0 N–H and O–H groups in total. The first kappa shape index (κ1) is 20.5. The van der Waals surface area contributed by atoms with E-state index in [2.05, 4.69) is 20.5 Å². The number of rotatable bonds is 8. The Hall–Kier alpha value is -2.75. The van der Waals surface area contributed by atoms with E-state index in [1.54, 1.807) is 19.2 Å². The third-order valence-corrected chi connectivity index (χ3v) is 5.77. The summed E-state index contributed by atoms with van der Waals surface area (Å²) >= 11 is 7.74. The molecule has 0 atom stereocenters. The molecule has 0 spiro atoms. The van der Waals surface area contributed by atoms with Gasteiger partial charge in [-0.2, -0.15) is 4.68 Å². The monoisotopic (exact) mass is 442 g/mol. The molecule has 0 aliphatic heterocycles. The molecule has 0 saturated heterocycles. The molecular formula is C20H19ClN6O2S. The van der Waals surface area contributed by atoms with Crippen LogP contribution in [0.5, 0.6) is 0 Å². The maximum atomic E-state index is 12.7. The van der Waals surface area contributed by atoms with Crippen LogP contribution in [0, 0.1) is 0 Å². The van der Waals surface area contributed by atoms with Gasteiger partial charge in [0.2, 0.25) is 0 Å². The van der Waals surface area contributed by atoms with Crippen molar-refractivity contribution < 1.29 is 4.74 Å². The number of fused-ring (bicyclic) bond motifs is 1. The zero-order valence-electron chi connectivity index (χ0n) is 16.2. The summed E-state index contributed by atoms with van der Waals surface area (Å²) in [4.78, 5) is 12.7. The van der Waals surface area contributed by atoms with Gasteiger partial charge in [0.05, 0.1) is 16.3 Å². The minimum Gasteiger partial charge on any atom is -0.385 e. The van der Waals surface area contributed by atoms with Crippen LogP contribution in [-0.2, 0) is 17.2 Å². The molecule has 0 amide bonds. The molecule has 8 nitrogen and oxygen atoms in total. The number of hydrogen-bond acceptors (Lipinski definition) is 7. The maximum Gasteiger partial charge on any atom is 0.278 e. The lowest BCUT2D eigenvalue weighted by molar-refractivity contribution is 0.189. The third-order valence-electron chi connectivity index (χ3n) is 4.51. The lowest BCUT2D eigenvalue weighted by Crippen LogP contribution is -2.23. The van der Waals surface area contributed by atoms with Gasteiger partial charge in [0.1, 0.15) is 5.52 Å². The van der Waals surface area contributed by atoms with E-state index in [9.17, 15) is 4.79 Å². The fraction of sp³-hybridized carbons (Fsp3) is 0.250. The first-order valence-electron chi connectivity index (χ1n) is 9.31. The number of aromatic nitrogens is 6. The third kappa shape index (κ3) is 4.23. The van der Waals surface area contributed by atoms with Crippen molar-refractivity contribution in [3.05, 3.63) is 63.9 Å². The van der Waals surface area contributed by atoms with E-state index in [1.165, 1.54) is 16.4 Å². The summed E-state index contributed by atoms with van der Waals surface area (Å²) in [6, 6.07) is 14.7. The highest BCUT2D eigenvalue weighted by Crippen LogP contribution is 2.29. The number of halogens is 1. The van der Waals surface area contributed by atoms with Gasteiger partial charge in [-0.15, -0.1) is 15.3 Å². The summed E-state index contributed by atoms with van der Waals surface area (Å²) in [5.41, 5.74) is 1.19. The molecule has 0 saturated carbocycles. The summed E-state index contributed by atoms with van der Waals surface area (Å²) in [6.45, 7) is 1.27. The highest BCUT2D eigenvalue weighted by Gasteiger charge is 2.17. The van der Waals surface area contributed by atoms with Crippen LogP contribution >= 0.6 is 23.4 Å². The van der Waals surface area contributed by atoms with Crippen LogP contribution in [0.15, 0.2) is 58.5 Å². The van der Waals surface area contributed by atoms with Crippen molar-refractivity contribution >= 4 is 34.3 Å². The maximum absolute atomic E-state index is 12.7. The largest absolute Gasteiger partial charge is 0.385 e. The van der Waals surface area contributed by atoms with Gasteiger partial charge in [-0.3, -0.25) is 4.79 Å². The molecule has 4 rings (SSSR count). The average Bonchev–Trinajstić information content (AvgIpc) is 3.16. The van der Waals surface area contributed by atoms with Crippen molar-refractivity contribution in [3.63, 3.8) is 0 Å². The predicted molar refractivity (Wildman–Crippen MR) is 117 cm³/mol. The van der Waals surface area contributed by atoms with Crippen LogP contribution in [-0.4, -0.2) is 43.5 Å². The van der Waals surface area contributed by atoms with Gasteiger partial charge >= 0.3 is 0 Å². The van der Waals surface area contributed by atoms with Crippen molar-refractivity contribution in [2.45, 2.75) is 24.0 Å². The Morgan fingerprint density at radius 2 is 1.87 bits per heavy atom. The van der Waals surface area contributed by atoms with Gasteiger partial charge in [0.25, 0.3) is 5.56 Å². The highest BCUT2D eigenvalue weighted by molar-refractivity contribution is 7.98.